The summed E-state index contributed by atoms with van der Waals surface area (Å²) in [6.45, 7) is 1.67. The lowest BCUT2D eigenvalue weighted by Gasteiger charge is -2.14. The van der Waals surface area contributed by atoms with E-state index in [1.54, 1.807) is 13.0 Å². The molecule has 2 rings (SSSR count). The summed E-state index contributed by atoms with van der Waals surface area (Å²) in [4.78, 5) is 11.7. The minimum absolute atomic E-state index is 0.0327. The highest BCUT2D eigenvalue weighted by Crippen LogP contribution is 2.34. The van der Waals surface area contributed by atoms with E-state index in [1.807, 2.05) is 0 Å². The Morgan fingerprint density at radius 2 is 2.25 bits per heavy atom. The van der Waals surface area contributed by atoms with Gasteiger partial charge in [0.05, 0.1) is 17.7 Å². The van der Waals surface area contributed by atoms with E-state index < -0.39 is 17.3 Å². The van der Waals surface area contributed by atoms with Crippen LogP contribution in [0.5, 0.6) is 0 Å². The molecule has 0 unspecified atom stereocenters. The molecular weight excluding hydrogens is 209 g/mol. The van der Waals surface area contributed by atoms with Gasteiger partial charge in [0, 0.05) is 0 Å². The van der Waals surface area contributed by atoms with Crippen molar-refractivity contribution in [3.05, 3.63) is 35.1 Å². The Balaban J connectivity index is 2.15. The summed E-state index contributed by atoms with van der Waals surface area (Å²) in [5, 5.41) is 11.7. The summed E-state index contributed by atoms with van der Waals surface area (Å²) in [5.74, 6) is -0.977. The third-order valence-electron chi connectivity index (χ3n) is 2.90. The Morgan fingerprint density at radius 1 is 1.56 bits per heavy atom. The second-order valence-electron chi connectivity index (χ2n) is 4.38. The van der Waals surface area contributed by atoms with Crippen LogP contribution in [0.4, 0.5) is 4.39 Å². The lowest BCUT2D eigenvalue weighted by molar-refractivity contribution is 0.0902. The fourth-order valence-electron chi connectivity index (χ4n) is 1.59. The monoisotopic (exact) mass is 223 g/mol. The number of hydrogen-bond acceptors (Lipinski definition) is 2. The van der Waals surface area contributed by atoms with E-state index in [4.69, 9.17) is 5.11 Å². The van der Waals surface area contributed by atoms with Crippen LogP contribution in [-0.2, 0) is 0 Å². The topological polar surface area (TPSA) is 49.3 Å². The average Bonchev–Trinajstić information content (AvgIpc) is 2.98. The summed E-state index contributed by atoms with van der Waals surface area (Å²) in [5.41, 5.74) is 0.302. The van der Waals surface area contributed by atoms with Crippen molar-refractivity contribution in [3.8, 4) is 0 Å². The van der Waals surface area contributed by atoms with Gasteiger partial charge in [-0.1, -0.05) is 6.07 Å². The van der Waals surface area contributed by atoms with Crippen molar-refractivity contribution in [1.29, 1.82) is 0 Å². The predicted octanol–water partition coefficient (Wildman–Crippen LogP) is 1.39. The molecule has 0 saturated heterocycles. The molecule has 1 aromatic rings. The number of halogens is 1. The molecule has 4 heteroatoms. The molecule has 0 atom stereocenters. The molecule has 0 radical (unpaired) electrons. The van der Waals surface area contributed by atoms with Crippen molar-refractivity contribution >= 4 is 5.91 Å². The maximum absolute atomic E-state index is 13.5. The van der Waals surface area contributed by atoms with Crippen LogP contribution in [0.2, 0.25) is 0 Å². The summed E-state index contributed by atoms with van der Waals surface area (Å²) >= 11 is 0. The van der Waals surface area contributed by atoms with Crippen LogP contribution in [0.3, 0.4) is 0 Å². The van der Waals surface area contributed by atoms with Gasteiger partial charge in [0.2, 0.25) is 0 Å². The van der Waals surface area contributed by atoms with Crippen molar-refractivity contribution in [2.75, 3.05) is 6.61 Å². The first-order valence-corrected chi connectivity index (χ1v) is 5.26. The van der Waals surface area contributed by atoms with Gasteiger partial charge in [-0.25, -0.2) is 4.39 Å². The fourth-order valence-corrected chi connectivity index (χ4v) is 1.59. The molecule has 0 spiro atoms. The number of aryl methyl sites for hydroxylation is 1. The minimum Gasteiger partial charge on any atom is -0.394 e. The summed E-state index contributed by atoms with van der Waals surface area (Å²) in [7, 11) is 0. The van der Waals surface area contributed by atoms with Crippen LogP contribution in [-0.4, -0.2) is 23.2 Å². The number of benzene rings is 1. The molecule has 1 aliphatic rings. The lowest BCUT2D eigenvalue weighted by Crippen LogP contribution is -2.39. The first kappa shape index (κ1) is 11.1. The summed E-state index contributed by atoms with van der Waals surface area (Å²) in [6, 6.07) is 4.48. The molecule has 2 N–H and O–H groups in total. The molecule has 1 amide bonds. The van der Waals surface area contributed by atoms with Crippen molar-refractivity contribution in [1.82, 2.24) is 5.32 Å². The van der Waals surface area contributed by atoms with E-state index in [0.717, 1.165) is 18.4 Å². The molecule has 0 bridgehead atoms. The van der Waals surface area contributed by atoms with Gasteiger partial charge in [0.25, 0.3) is 5.91 Å². The first-order valence-electron chi connectivity index (χ1n) is 5.26. The predicted molar refractivity (Wildman–Crippen MR) is 57.7 cm³/mol. The first-order chi connectivity index (χ1) is 7.56. The molecular formula is C12H14FNO2. The highest BCUT2D eigenvalue weighted by atomic mass is 19.1. The molecule has 0 aromatic heterocycles. The van der Waals surface area contributed by atoms with Crippen LogP contribution in [0.1, 0.15) is 28.8 Å². The Morgan fingerprint density at radius 3 is 2.75 bits per heavy atom. The zero-order chi connectivity index (χ0) is 11.8. The molecule has 16 heavy (non-hydrogen) atoms. The maximum Gasteiger partial charge on any atom is 0.254 e. The molecule has 86 valence electrons. The van der Waals surface area contributed by atoms with Crippen LogP contribution in [0.25, 0.3) is 0 Å². The molecule has 1 saturated carbocycles. The highest BCUT2D eigenvalue weighted by Gasteiger charge is 2.43. The van der Waals surface area contributed by atoms with E-state index in [2.05, 4.69) is 5.32 Å². The third-order valence-corrected chi connectivity index (χ3v) is 2.90. The van der Waals surface area contributed by atoms with E-state index in [1.165, 1.54) is 12.1 Å². The highest BCUT2D eigenvalue weighted by molar-refractivity contribution is 5.95. The van der Waals surface area contributed by atoms with E-state index in [9.17, 15) is 9.18 Å². The Kier molecular flexibility index (Phi) is 2.68. The van der Waals surface area contributed by atoms with Crippen LogP contribution in [0.15, 0.2) is 18.2 Å². The zero-order valence-electron chi connectivity index (χ0n) is 9.09. The standard InChI is InChI=1S/C12H14FNO2/c1-8-2-3-9(10(13)6-8)11(16)14-12(7-15)4-5-12/h2-3,6,15H,4-5,7H2,1H3,(H,14,16). The van der Waals surface area contributed by atoms with Gasteiger partial charge in [0.15, 0.2) is 0 Å². The van der Waals surface area contributed by atoms with Gasteiger partial charge >= 0.3 is 0 Å². The third kappa shape index (κ3) is 2.07. The molecule has 1 fully saturated rings. The van der Waals surface area contributed by atoms with E-state index in [0.29, 0.717) is 0 Å². The summed E-state index contributed by atoms with van der Waals surface area (Å²) in [6.07, 6.45) is 1.51. The number of amides is 1. The normalized spacial score (nSPS) is 16.9. The Bertz CT molecular complexity index is 427. The smallest absolute Gasteiger partial charge is 0.254 e. The fraction of sp³-hybridized carbons (Fsp3) is 0.417. The Labute approximate surface area is 93.3 Å². The van der Waals surface area contributed by atoms with Crippen LogP contribution >= 0.6 is 0 Å². The SMILES string of the molecule is Cc1ccc(C(=O)NC2(CO)CC2)c(F)c1. The largest absolute Gasteiger partial charge is 0.394 e. The van der Waals surface area contributed by atoms with Crippen molar-refractivity contribution in [2.45, 2.75) is 25.3 Å². The zero-order valence-corrected chi connectivity index (χ0v) is 9.09. The average molecular weight is 223 g/mol. The number of hydrogen-bond donors (Lipinski definition) is 2. The minimum atomic E-state index is -0.522. The second kappa shape index (κ2) is 3.87. The van der Waals surface area contributed by atoms with Crippen LogP contribution in [0, 0.1) is 12.7 Å². The van der Waals surface area contributed by atoms with Crippen molar-refractivity contribution in [3.63, 3.8) is 0 Å². The van der Waals surface area contributed by atoms with Gasteiger partial charge in [0.1, 0.15) is 5.82 Å². The molecule has 1 aliphatic carbocycles. The number of nitrogens with one attached hydrogen (secondary N) is 1. The Hall–Kier alpha value is -1.42. The van der Waals surface area contributed by atoms with E-state index in [-0.39, 0.29) is 12.2 Å². The quantitative estimate of drug-likeness (QED) is 0.813. The number of carbonyl (C=O) groups is 1. The van der Waals surface area contributed by atoms with Gasteiger partial charge < -0.3 is 10.4 Å². The second-order valence-corrected chi connectivity index (χ2v) is 4.38. The molecule has 1 aromatic carbocycles. The number of aliphatic hydroxyl groups is 1. The number of carbonyl (C=O) groups excluding carboxylic acids is 1. The maximum atomic E-state index is 13.5. The van der Waals surface area contributed by atoms with Crippen molar-refractivity contribution < 1.29 is 14.3 Å². The number of aliphatic hydroxyl groups excluding tert-OH is 1. The van der Waals surface area contributed by atoms with Crippen molar-refractivity contribution in [2.24, 2.45) is 0 Å². The van der Waals surface area contributed by atoms with Gasteiger partial charge in [-0.05, 0) is 37.5 Å². The van der Waals surface area contributed by atoms with E-state index >= 15 is 0 Å². The number of rotatable bonds is 3. The van der Waals surface area contributed by atoms with Gasteiger partial charge in [-0.2, -0.15) is 0 Å². The lowest BCUT2D eigenvalue weighted by atomic mass is 10.1. The summed E-state index contributed by atoms with van der Waals surface area (Å²) < 4.78 is 13.5. The molecule has 0 aliphatic heterocycles. The van der Waals surface area contributed by atoms with Crippen LogP contribution < -0.4 is 5.32 Å². The molecule has 3 nitrogen and oxygen atoms in total. The molecule has 0 heterocycles. The van der Waals surface area contributed by atoms with Gasteiger partial charge in [-0.3, -0.25) is 4.79 Å². The van der Waals surface area contributed by atoms with Gasteiger partial charge in [-0.15, -0.1) is 0 Å².